The van der Waals surface area contributed by atoms with E-state index in [2.05, 4.69) is 10.0 Å². The van der Waals surface area contributed by atoms with Gasteiger partial charge in [0.2, 0.25) is 0 Å². The normalized spacial score (nSPS) is 10.2. The second-order valence-corrected chi connectivity index (χ2v) is 4.83. The summed E-state index contributed by atoms with van der Waals surface area (Å²) in [5.41, 5.74) is 1.79. The minimum Gasteiger partial charge on any atom is -0.387 e. The number of hydrogen-bond donors (Lipinski definition) is 2. The van der Waals surface area contributed by atoms with Crippen molar-refractivity contribution in [2.45, 2.75) is 4.90 Å². The lowest BCUT2D eigenvalue weighted by Gasteiger charge is -2.10. The lowest BCUT2D eigenvalue weighted by molar-refractivity contribution is 0.628. The molecule has 2 aromatic carbocycles. The highest BCUT2D eigenvalue weighted by atomic mass is 35.5. The summed E-state index contributed by atoms with van der Waals surface area (Å²) in [6.07, 6.45) is 0. The van der Waals surface area contributed by atoms with Crippen molar-refractivity contribution in [2.24, 2.45) is 0 Å². The van der Waals surface area contributed by atoms with Crippen LogP contribution in [0, 0.1) is 5.82 Å². The van der Waals surface area contributed by atoms with E-state index in [9.17, 15) is 4.39 Å². The van der Waals surface area contributed by atoms with E-state index in [4.69, 9.17) is 11.6 Å². The van der Waals surface area contributed by atoms with E-state index >= 15 is 0 Å². The summed E-state index contributed by atoms with van der Waals surface area (Å²) in [7, 11) is 1.87. The number of nitrogens with one attached hydrogen (secondary N) is 2. The lowest BCUT2D eigenvalue weighted by Crippen LogP contribution is -1.93. The Morgan fingerprint density at radius 3 is 2.67 bits per heavy atom. The maximum Gasteiger partial charge on any atom is 0.141 e. The summed E-state index contributed by atoms with van der Waals surface area (Å²) < 4.78 is 16.1. The number of hydrogen-bond acceptors (Lipinski definition) is 3. The average Bonchev–Trinajstić information content (AvgIpc) is 2.40. The van der Waals surface area contributed by atoms with Crippen LogP contribution in [0.4, 0.5) is 15.8 Å². The van der Waals surface area contributed by atoms with Gasteiger partial charge in [0, 0.05) is 18.4 Å². The van der Waals surface area contributed by atoms with Gasteiger partial charge in [-0.2, -0.15) is 0 Å². The fourth-order valence-corrected chi connectivity index (χ4v) is 2.40. The number of rotatable bonds is 4. The van der Waals surface area contributed by atoms with Crippen LogP contribution in [0.2, 0.25) is 5.02 Å². The number of benzene rings is 2. The molecule has 2 aromatic rings. The molecular formula is C13H12ClFN2S. The monoisotopic (exact) mass is 282 g/mol. The zero-order valence-corrected chi connectivity index (χ0v) is 11.3. The van der Waals surface area contributed by atoms with E-state index in [1.54, 1.807) is 12.1 Å². The van der Waals surface area contributed by atoms with Crippen LogP contribution in [-0.2, 0) is 0 Å². The van der Waals surface area contributed by atoms with Gasteiger partial charge in [0.15, 0.2) is 0 Å². The Balaban J connectivity index is 2.09. The lowest BCUT2D eigenvalue weighted by atomic mass is 10.3. The van der Waals surface area contributed by atoms with Gasteiger partial charge in [-0.05, 0) is 42.3 Å². The Morgan fingerprint density at radius 2 is 1.94 bits per heavy atom. The fraction of sp³-hybridized carbons (Fsp3) is 0.0769. The quantitative estimate of drug-likeness (QED) is 0.799. The molecule has 2 rings (SSSR count). The Morgan fingerprint density at radius 1 is 1.17 bits per heavy atom. The molecule has 0 bridgehead atoms. The standard InChI is InChI=1S/C13H12ClFN2S/c1-16-12-4-2-3-5-13(12)18-17-9-6-7-11(15)10(14)8-9/h2-8,16-17H,1H3. The van der Waals surface area contributed by atoms with Gasteiger partial charge in [0.25, 0.3) is 0 Å². The SMILES string of the molecule is CNc1ccccc1SNc1ccc(F)c(Cl)c1. The molecule has 94 valence electrons. The number of para-hydroxylation sites is 1. The Bertz CT molecular complexity index is 548. The van der Waals surface area contributed by atoms with Crippen molar-refractivity contribution in [3.8, 4) is 0 Å². The summed E-state index contributed by atoms with van der Waals surface area (Å²) >= 11 is 7.16. The molecular weight excluding hydrogens is 271 g/mol. The first-order valence-electron chi connectivity index (χ1n) is 5.35. The van der Waals surface area contributed by atoms with Crippen LogP contribution >= 0.6 is 23.5 Å². The third kappa shape index (κ3) is 3.09. The first kappa shape index (κ1) is 13.1. The summed E-state index contributed by atoms with van der Waals surface area (Å²) in [5, 5.41) is 3.22. The van der Waals surface area contributed by atoms with Crippen molar-refractivity contribution in [1.29, 1.82) is 0 Å². The van der Waals surface area contributed by atoms with Crippen molar-refractivity contribution >= 4 is 34.9 Å². The molecule has 0 fully saturated rings. The van der Waals surface area contributed by atoms with E-state index in [0.717, 1.165) is 16.3 Å². The Kier molecular flexibility index (Phi) is 4.33. The predicted octanol–water partition coefficient (Wildman–Crippen LogP) is 4.64. The van der Waals surface area contributed by atoms with Crippen molar-refractivity contribution in [1.82, 2.24) is 0 Å². The smallest absolute Gasteiger partial charge is 0.141 e. The van der Waals surface area contributed by atoms with Crippen LogP contribution in [0.1, 0.15) is 0 Å². The van der Waals surface area contributed by atoms with Crippen LogP contribution in [-0.4, -0.2) is 7.05 Å². The summed E-state index contributed by atoms with van der Waals surface area (Å²) in [6, 6.07) is 12.5. The van der Waals surface area contributed by atoms with Gasteiger partial charge in [0.05, 0.1) is 9.92 Å². The van der Waals surface area contributed by atoms with Gasteiger partial charge in [-0.15, -0.1) is 0 Å². The van der Waals surface area contributed by atoms with Gasteiger partial charge < -0.3 is 10.0 Å². The van der Waals surface area contributed by atoms with E-state index < -0.39 is 5.82 Å². The van der Waals surface area contributed by atoms with Crippen LogP contribution < -0.4 is 10.0 Å². The maximum atomic E-state index is 13.0. The predicted molar refractivity (Wildman–Crippen MR) is 76.9 cm³/mol. The molecule has 0 spiro atoms. The van der Waals surface area contributed by atoms with Crippen LogP contribution in [0.25, 0.3) is 0 Å². The van der Waals surface area contributed by atoms with Crippen molar-refractivity contribution in [2.75, 3.05) is 17.1 Å². The van der Waals surface area contributed by atoms with Crippen LogP contribution in [0.5, 0.6) is 0 Å². The summed E-state index contributed by atoms with van der Waals surface area (Å²) in [5.74, 6) is -0.414. The van der Waals surface area contributed by atoms with E-state index in [1.807, 2.05) is 31.3 Å². The highest BCUT2D eigenvalue weighted by molar-refractivity contribution is 8.00. The molecule has 0 heterocycles. The molecule has 0 radical (unpaired) electrons. The number of halogens is 2. The van der Waals surface area contributed by atoms with Gasteiger partial charge in [-0.1, -0.05) is 23.7 Å². The van der Waals surface area contributed by atoms with Gasteiger partial charge in [-0.3, -0.25) is 0 Å². The Labute approximate surface area is 115 Å². The third-order valence-electron chi connectivity index (χ3n) is 2.35. The second kappa shape index (κ2) is 5.98. The second-order valence-electron chi connectivity index (χ2n) is 3.58. The maximum absolute atomic E-state index is 13.0. The van der Waals surface area contributed by atoms with E-state index in [0.29, 0.717) is 0 Å². The molecule has 0 aliphatic carbocycles. The molecule has 0 saturated carbocycles. The Hall–Kier alpha value is -1.39. The molecule has 18 heavy (non-hydrogen) atoms. The molecule has 2 nitrogen and oxygen atoms in total. The van der Waals surface area contributed by atoms with Crippen LogP contribution in [0.15, 0.2) is 47.4 Å². The molecule has 0 aliphatic heterocycles. The zero-order chi connectivity index (χ0) is 13.0. The van der Waals surface area contributed by atoms with Crippen molar-refractivity contribution in [3.05, 3.63) is 53.3 Å². The van der Waals surface area contributed by atoms with Gasteiger partial charge in [-0.25, -0.2) is 4.39 Å². The number of anilines is 2. The van der Waals surface area contributed by atoms with Crippen molar-refractivity contribution in [3.63, 3.8) is 0 Å². The van der Waals surface area contributed by atoms with Crippen molar-refractivity contribution < 1.29 is 4.39 Å². The van der Waals surface area contributed by atoms with Crippen LogP contribution in [0.3, 0.4) is 0 Å². The van der Waals surface area contributed by atoms with E-state index in [-0.39, 0.29) is 5.02 Å². The third-order valence-corrected chi connectivity index (χ3v) is 3.56. The minimum atomic E-state index is -0.414. The fourth-order valence-electron chi connectivity index (χ4n) is 1.44. The minimum absolute atomic E-state index is 0.113. The summed E-state index contributed by atoms with van der Waals surface area (Å²) in [6.45, 7) is 0. The molecule has 2 N–H and O–H groups in total. The topological polar surface area (TPSA) is 24.1 Å². The summed E-state index contributed by atoms with van der Waals surface area (Å²) in [4.78, 5) is 1.06. The largest absolute Gasteiger partial charge is 0.387 e. The van der Waals surface area contributed by atoms with E-state index in [1.165, 1.54) is 18.0 Å². The molecule has 0 atom stereocenters. The molecule has 0 amide bonds. The average molecular weight is 283 g/mol. The first-order chi connectivity index (χ1) is 8.70. The molecule has 0 aromatic heterocycles. The molecule has 5 heteroatoms. The first-order valence-corrected chi connectivity index (χ1v) is 6.55. The molecule has 0 saturated heterocycles. The van der Waals surface area contributed by atoms with Gasteiger partial charge in [0.1, 0.15) is 5.82 Å². The molecule has 0 aliphatic rings. The zero-order valence-electron chi connectivity index (χ0n) is 9.71. The highest BCUT2D eigenvalue weighted by Crippen LogP contribution is 2.29. The molecule has 0 unspecified atom stereocenters. The van der Waals surface area contributed by atoms with Gasteiger partial charge >= 0.3 is 0 Å². The highest BCUT2D eigenvalue weighted by Gasteiger charge is 2.03.